The second-order valence-electron chi connectivity index (χ2n) is 6.03. The Kier molecular flexibility index (Phi) is 4.20. The van der Waals surface area contributed by atoms with Crippen LogP contribution in [0.3, 0.4) is 0 Å². The summed E-state index contributed by atoms with van der Waals surface area (Å²) in [6.45, 7) is 5.62. The Morgan fingerprint density at radius 3 is 2.75 bits per heavy atom. The van der Waals surface area contributed by atoms with Crippen molar-refractivity contribution in [2.45, 2.75) is 26.8 Å². The fourth-order valence-corrected chi connectivity index (χ4v) is 2.68. The van der Waals surface area contributed by atoms with E-state index in [0.717, 1.165) is 5.39 Å². The van der Waals surface area contributed by atoms with Gasteiger partial charge in [0.05, 0.1) is 6.04 Å². The van der Waals surface area contributed by atoms with E-state index in [1.165, 1.54) is 6.26 Å². The van der Waals surface area contributed by atoms with Crippen molar-refractivity contribution < 1.29 is 14.3 Å². The van der Waals surface area contributed by atoms with Gasteiger partial charge in [-0.15, -0.1) is 0 Å². The van der Waals surface area contributed by atoms with E-state index in [1.54, 1.807) is 13.1 Å². The number of amides is 1. The highest BCUT2D eigenvalue weighted by atomic mass is 16.3. The lowest BCUT2D eigenvalue weighted by Gasteiger charge is -2.23. The Bertz CT molecular complexity index is 886. The maximum Gasteiger partial charge on any atom is 0.273 e. The third-order valence-corrected chi connectivity index (χ3v) is 3.92. The summed E-state index contributed by atoms with van der Waals surface area (Å²) in [6, 6.07) is 7.03. The van der Waals surface area contributed by atoms with Crippen LogP contribution in [0.4, 0.5) is 0 Å². The van der Waals surface area contributed by atoms with Gasteiger partial charge < -0.3 is 14.8 Å². The van der Waals surface area contributed by atoms with Crippen molar-refractivity contribution in [3.63, 3.8) is 0 Å². The lowest BCUT2D eigenvalue weighted by molar-refractivity contribution is 0.0920. The lowest BCUT2D eigenvalue weighted by atomic mass is 9.94. The number of nitrogens with one attached hydrogen (secondary N) is 1. The van der Waals surface area contributed by atoms with Gasteiger partial charge >= 0.3 is 0 Å². The number of nitrogens with zero attached hydrogens (tertiary/aromatic N) is 2. The number of hydrogen-bond donors (Lipinski definition) is 2. The standard InChI is InChI=1S/C18H19N3O3/c1-10(2)15(21-18(23)14-9-24-11(3)20-14)13-7-6-12-5-4-8-19-16(12)17(13)22/h4-10,15,22H,1-3H3,(H,21,23). The van der Waals surface area contributed by atoms with Crippen LogP contribution in [0.25, 0.3) is 10.9 Å². The first-order valence-corrected chi connectivity index (χ1v) is 7.77. The molecule has 1 unspecified atom stereocenters. The molecule has 3 rings (SSSR count). The predicted octanol–water partition coefficient (Wildman–Crippen LogP) is 3.36. The minimum atomic E-state index is -0.374. The van der Waals surface area contributed by atoms with Crippen LogP contribution < -0.4 is 5.32 Å². The van der Waals surface area contributed by atoms with Gasteiger partial charge in [-0.1, -0.05) is 32.0 Å². The van der Waals surface area contributed by atoms with Crippen LogP contribution in [-0.2, 0) is 0 Å². The number of fused-ring (bicyclic) bond motifs is 1. The number of hydrogen-bond acceptors (Lipinski definition) is 5. The summed E-state index contributed by atoms with van der Waals surface area (Å²) in [6.07, 6.45) is 2.96. The summed E-state index contributed by atoms with van der Waals surface area (Å²) in [5.74, 6) is 0.238. The van der Waals surface area contributed by atoms with Crippen LogP contribution in [0.2, 0.25) is 0 Å². The first kappa shape index (κ1) is 16.0. The van der Waals surface area contributed by atoms with Crippen molar-refractivity contribution in [1.29, 1.82) is 0 Å². The molecule has 0 aliphatic heterocycles. The van der Waals surface area contributed by atoms with E-state index in [0.29, 0.717) is 17.0 Å². The maximum atomic E-state index is 12.4. The molecule has 0 fully saturated rings. The molecule has 2 heterocycles. The largest absolute Gasteiger partial charge is 0.505 e. The summed E-state index contributed by atoms with van der Waals surface area (Å²) in [5, 5.41) is 14.4. The van der Waals surface area contributed by atoms with Gasteiger partial charge in [0.1, 0.15) is 17.5 Å². The van der Waals surface area contributed by atoms with Gasteiger partial charge in [0.15, 0.2) is 11.6 Å². The second kappa shape index (κ2) is 6.31. The number of phenolic OH excluding ortho intramolecular Hbond substituents is 1. The van der Waals surface area contributed by atoms with Gasteiger partial charge in [-0.05, 0) is 12.0 Å². The highest BCUT2D eigenvalue weighted by Gasteiger charge is 2.24. The van der Waals surface area contributed by atoms with Gasteiger partial charge in [0.25, 0.3) is 5.91 Å². The van der Waals surface area contributed by atoms with Crippen molar-refractivity contribution >= 4 is 16.8 Å². The van der Waals surface area contributed by atoms with Crippen LogP contribution in [-0.4, -0.2) is 21.0 Å². The molecule has 0 radical (unpaired) electrons. The van der Waals surface area contributed by atoms with Gasteiger partial charge in [0.2, 0.25) is 0 Å². The number of carbonyl (C=O) groups is 1. The summed E-state index contributed by atoms with van der Waals surface area (Å²) in [4.78, 5) is 20.7. The molecule has 0 aliphatic carbocycles. The van der Waals surface area contributed by atoms with Crippen molar-refractivity contribution in [1.82, 2.24) is 15.3 Å². The first-order valence-electron chi connectivity index (χ1n) is 7.77. The van der Waals surface area contributed by atoms with Crippen LogP contribution in [0, 0.1) is 12.8 Å². The molecule has 124 valence electrons. The third kappa shape index (κ3) is 2.95. The molecular weight excluding hydrogens is 306 g/mol. The zero-order chi connectivity index (χ0) is 17.3. The average Bonchev–Trinajstić information content (AvgIpc) is 3.00. The number of rotatable bonds is 4. The Balaban J connectivity index is 1.96. The maximum absolute atomic E-state index is 12.4. The highest BCUT2D eigenvalue weighted by Crippen LogP contribution is 2.34. The van der Waals surface area contributed by atoms with Gasteiger partial charge in [0, 0.05) is 24.1 Å². The number of aromatic nitrogens is 2. The second-order valence-corrected chi connectivity index (χ2v) is 6.03. The molecule has 24 heavy (non-hydrogen) atoms. The van der Waals surface area contributed by atoms with Crippen molar-refractivity contribution in [2.24, 2.45) is 5.92 Å². The summed E-state index contributed by atoms with van der Waals surface area (Å²) < 4.78 is 5.08. The average molecular weight is 325 g/mol. The lowest BCUT2D eigenvalue weighted by Crippen LogP contribution is -2.32. The zero-order valence-electron chi connectivity index (χ0n) is 13.8. The Morgan fingerprint density at radius 2 is 2.08 bits per heavy atom. The number of pyridine rings is 1. The number of aryl methyl sites for hydroxylation is 1. The van der Waals surface area contributed by atoms with E-state index in [2.05, 4.69) is 15.3 Å². The van der Waals surface area contributed by atoms with Crippen LogP contribution >= 0.6 is 0 Å². The number of oxazole rings is 1. The first-order chi connectivity index (χ1) is 11.5. The molecule has 0 saturated heterocycles. The monoisotopic (exact) mass is 325 g/mol. The van der Waals surface area contributed by atoms with Crippen LogP contribution in [0.5, 0.6) is 5.75 Å². The van der Waals surface area contributed by atoms with Crippen LogP contribution in [0.1, 0.15) is 41.8 Å². The molecule has 1 atom stereocenters. The Hall–Kier alpha value is -2.89. The summed E-state index contributed by atoms with van der Waals surface area (Å²) >= 11 is 0. The summed E-state index contributed by atoms with van der Waals surface area (Å²) in [5.41, 5.74) is 1.37. The molecular formula is C18H19N3O3. The molecule has 2 N–H and O–H groups in total. The van der Waals surface area contributed by atoms with E-state index in [9.17, 15) is 9.90 Å². The number of benzene rings is 1. The van der Waals surface area contributed by atoms with E-state index in [-0.39, 0.29) is 29.3 Å². The third-order valence-electron chi connectivity index (χ3n) is 3.92. The van der Waals surface area contributed by atoms with Gasteiger partial charge in [-0.25, -0.2) is 4.98 Å². The minimum Gasteiger partial charge on any atom is -0.505 e. The molecule has 2 aromatic heterocycles. The van der Waals surface area contributed by atoms with E-state index in [4.69, 9.17) is 4.42 Å². The zero-order valence-corrected chi connectivity index (χ0v) is 13.8. The van der Waals surface area contributed by atoms with Crippen molar-refractivity contribution in [3.8, 4) is 5.75 Å². The SMILES string of the molecule is Cc1nc(C(=O)NC(c2ccc3cccnc3c2O)C(C)C)co1. The quantitative estimate of drug-likeness (QED) is 0.768. The predicted molar refractivity (Wildman–Crippen MR) is 89.7 cm³/mol. The molecule has 0 saturated carbocycles. The minimum absolute atomic E-state index is 0.0639. The molecule has 6 heteroatoms. The van der Waals surface area contributed by atoms with E-state index < -0.39 is 0 Å². The fraction of sp³-hybridized carbons (Fsp3) is 0.278. The van der Waals surface area contributed by atoms with Crippen molar-refractivity contribution in [2.75, 3.05) is 0 Å². The summed E-state index contributed by atoms with van der Waals surface area (Å²) in [7, 11) is 0. The molecule has 3 aromatic rings. The molecule has 0 bridgehead atoms. The Morgan fingerprint density at radius 1 is 1.29 bits per heavy atom. The van der Waals surface area contributed by atoms with Gasteiger partial charge in [-0.3, -0.25) is 9.78 Å². The van der Waals surface area contributed by atoms with Crippen LogP contribution in [0.15, 0.2) is 41.1 Å². The smallest absolute Gasteiger partial charge is 0.273 e. The number of aromatic hydroxyl groups is 1. The molecule has 6 nitrogen and oxygen atoms in total. The van der Waals surface area contributed by atoms with E-state index >= 15 is 0 Å². The molecule has 1 amide bonds. The van der Waals surface area contributed by atoms with E-state index in [1.807, 2.05) is 38.1 Å². The fourth-order valence-electron chi connectivity index (χ4n) is 2.68. The molecule has 0 spiro atoms. The van der Waals surface area contributed by atoms with Gasteiger partial charge in [-0.2, -0.15) is 0 Å². The molecule has 1 aromatic carbocycles. The highest BCUT2D eigenvalue weighted by molar-refractivity contribution is 5.92. The van der Waals surface area contributed by atoms with Crippen molar-refractivity contribution in [3.05, 3.63) is 53.9 Å². The number of phenols is 1. The molecule has 0 aliphatic rings. The Labute approximate surface area is 139 Å². The topological polar surface area (TPSA) is 88.2 Å². The number of carbonyl (C=O) groups excluding carboxylic acids is 1. The normalized spacial score (nSPS) is 12.5.